The molecule has 1 heterocycles. The summed E-state index contributed by atoms with van der Waals surface area (Å²) in [6, 6.07) is 8.60. The molecule has 0 fully saturated rings. The van der Waals surface area contributed by atoms with E-state index in [0.29, 0.717) is 5.69 Å². The number of anilines is 1. The Morgan fingerprint density at radius 2 is 2.04 bits per heavy atom. The molecule has 0 bridgehead atoms. The highest BCUT2D eigenvalue weighted by Crippen LogP contribution is 2.28. The van der Waals surface area contributed by atoms with E-state index in [2.05, 4.69) is 5.32 Å². The SMILES string of the molecule is COc1ccc(NC(=O)C[NH+](C)Cc2cccs2)cc1S(=O)(=O)N(C)C. The number of thiophene rings is 1. The van der Waals surface area contributed by atoms with Gasteiger partial charge in [0.1, 0.15) is 17.2 Å². The smallest absolute Gasteiger partial charge is 0.279 e. The molecule has 0 saturated heterocycles. The van der Waals surface area contributed by atoms with Crippen molar-refractivity contribution in [3.63, 3.8) is 0 Å². The number of nitrogens with zero attached hydrogens (tertiary/aromatic N) is 1. The maximum absolute atomic E-state index is 12.4. The Kier molecular flexibility index (Phi) is 6.76. The van der Waals surface area contributed by atoms with Crippen LogP contribution < -0.4 is 15.0 Å². The summed E-state index contributed by atoms with van der Waals surface area (Å²) in [7, 11) is 2.56. The lowest BCUT2D eigenvalue weighted by atomic mass is 10.3. The van der Waals surface area contributed by atoms with Gasteiger partial charge in [-0.3, -0.25) is 4.79 Å². The van der Waals surface area contributed by atoms with E-state index >= 15 is 0 Å². The molecule has 1 aromatic carbocycles. The van der Waals surface area contributed by atoms with E-state index in [0.717, 1.165) is 15.7 Å². The number of carbonyl (C=O) groups is 1. The zero-order valence-electron chi connectivity index (χ0n) is 15.3. The van der Waals surface area contributed by atoms with Crippen molar-refractivity contribution >= 4 is 33.0 Å². The third-order valence-corrected chi connectivity index (χ3v) is 6.44. The summed E-state index contributed by atoms with van der Waals surface area (Å²) in [4.78, 5) is 14.5. The lowest BCUT2D eigenvalue weighted by Crippen LogP contribution is -3.08. The molecule has 9 heteroatoms. The summed E-state index contributed by atoms with van der Waals surface area (Å²) in [5.41, 5.74) is 0.417. The molecule has 0 spiro atoms. The van der Waals surface area contributed by atoms with Crippen LogP contribution >= 0.6 is 11.3 Å². The standard InChI is InChI=1S/C17H23N3O4S2/c1-19(2)26(22,23)16-10-13(7-8-15(16)24-4)18-17(21)12-20(3)11-14-6-5-9-25-14/h5-10H,11-12H2,1-4H3,(H,18,21)/p+1. The van der Waals surface area contributed by atoms with Crippen molar-refractivity contribution < 1.29 is 22.8 Å². The molecule has 26 heavy (non-hydrogen) atoms. The van der Waals surface area contributed by atoms with E-state index in [1.165, 1.54) is 38.2 Å². The third-order valence-electron chi connectivity index (χ3n) is 3.72. The molecule has 2 aromatic rings. The fourth-order valence-corrected chi connectivity index (χ4v) is 4.30. The lowest BCUT2D eigenvalue weighted by molar-refractivity contribution is -0.884. The number of ether oxygens (including phenoxy) is 1. The van der Waals surface area contributed by atoms with Gasteiger partial charge in [-0.05, 0) is 29.6 Å². The number of likely N-dealkylation sites (N-methyl/N-ethyl adjacent to an activating group) is 1. The van der Waals surface area contributed by atoms with Crippen LogP contribution in [0.1, 0.15) is 4.88 Å². The number of benzene rings is 1. The molecule has 7 nitrogen and oxygen atoms in total. The number of quaternary nitrogens is 1. The Labute approximate surface area is 158 Å². The van der Waals surface area contributed by atoms with E-state index in [1.54, 1.807) is 17.4 Å². The summed E-state index contributed by atoms with van der Waals surface area (Å²) in [6.07, 6.45) is 0. The largest absolute Gasteiger partial charge is 0.495 e. The molecule has 0 saturated carbocycles. The van der Waals surface area contributed by atoms with Gasteiger partial charge in [0.2, 0.25) is 10.0 Å². The Balaban J connectivity index is 2.10. The molecule has 1 unspecified atom stereocenters. The van der Waals surface area contributed by atoms with Crippen LogP contribution in [0.3, 0.4) is 0 Å². The highest BCUT2D eigenvalue weighted by atomic mass is 32.2. The average Bonchev–Trinajstić information content (AvgIpc) is 3.07. The molecule has 1 amide bonds. The second kappa shape index (κ2) is 8.63. The maximum atomic E-state index is 12.4. The predicted octanol–water partition coefficient (Wildman–Crippen LogP) is 0.660. The molecule has 0 aliphatic heterocycles. The van der Waals surface area contributed by atoms with Gasteiger partial charge in [0.25, 0.3) is 5.91 Å². The van der Waals surface area contributed by atoms with E-state index in [4.69, 9.17) is 4.74 Å². The number of nitrogens with one attached hydrogen (secondary N) is 2. The van der Waals surface area contributed by atoms with Crippen molar-refractivity contribution in [2.45, 2.75) is 11.4 Å². The summed E-state index contributed by atoms with van der Waals surface area (Å²) < 4.78 is 31.1. The highest BCUT2D eigenvalue weighted by molar-refractivity contribution is 7.89. The molecule has 1 aromatic heterocycles. The van der Waals surface area contributed by atoms with Gasteiger partial charge in [-0.1, -0.05) is 6.07 Å². The molecule has 0 radical (unpaired) electrons. The molecule has 1 atom stereocenters. The topological polar surface area (TPSA) is 80.1 Å². The van der Waals surface area contributed by atoms with E-state index in [1.807, 2.05) is 24.6 Å². The van der Waals surface area contributed by atoms with Crippen molar-refractivity contribution in [1.29, 1.82) is 0 Å². The fraction of sp³-hybridized carbons (Fsp3) is 0.353. The van der Waals surface area contributed by atoms with Gasteiger partial charge in [-0.15, -0.1) is 11.3 Å². The van der Waals surface area contributed by atoms with Crippen molar-refractivity contribution in [1.82, 2.24) is 4.31 Å². The lowest BCUT2D eigenvalue weighted by Gasteiger charge is -2.16. The zero-order valence-corrected chi connectivity index (χ0v) is 16.9. The zero-order chi connectivity index (χ0) is 19.3. The monoisotopic (exact) mass is 398 g/mol. The van der Waals surface area contributed by atoms with Crippen LogP contribution in [0.4, 0.5) is 5.69 Å². The van der Waals surface area contributed by atoms with Crippen LogP contribution in [0.5, 0.6) is 5.75 Å². The van der Waals surface area contributed by atoms with Gasteiger partial charge in [-0.25, -0.2) is 12.7 Å². The number of methoxy groups -OCH3 is 1. The number of hydrogen-bond donors (Lipinski definition) is 2. The summed E-state index contributed by atoms with van der Waals surface area (Å²) in [5, 5.41) is 4.77. The first-order chi connectivity index (χ1) is 12.2. The molecule has 0 aliphatic carbocycles. The van der Waals surface area contributed by atoms with Gasteiger partial charge in [-0.2, -0.15) is 0 Å². The van der Waals surface area contributed by atoms with Crippen LogP contribution in [0.2, 0.25) is 0 Å². The Bertz CT molecular complexity index is 849. The van der Waals surface area contributed by atoms with Crippen LogP contribution in [-0.2, 0) is 21.4 Å². The minimum absolute atomic E-state index is 0.0158. The van der Waals surface area contributed by atoms with Crippen molar-refractivity contribution in [3.05, 3.63) is 40.6 Å². The van der Waals surface area contributed by atoms with Crippen molar-refractivity contribution in [2.75, 3.05) is 40.1 Å². The normalized spacial score (nSPS) is 12.8. The van der Waals surface area contributed by atoms with Crippen LogP contribution in [0.15, 0.2) is 40.6 Å². The first-order valence-corrected chi connectivity index (χ1v) is 10.3. The highest BCUT2D eigenvalue weighted by Gasteiger charge is 2.23. The Hall–Kier alpha value is -1.94. The first-order valence-electron chi connectivity index (χ1n) is 7.98. The fourth-order valence-electron chi connectivity index (χ4n) is 2.41. The number of rotatable bonds is 8. The van der Waals surface area contributed by atoms with Gasteiger partial charge < -0.3 is 15.0 Å². The van der Waals surface area contributed by atoms with Crippen molar-refractivity contribution in [2.24, 2.45) is 0 Å². The van der Waals surface area contributed by atoms with Crippen molar-refractivity contribution in [3.8, 4) is 5.75 Å². The van der Waals surface area contributed by atoms with Crippen LogP contribution in [0, 0.1) is 0 Å². The maximum Gasteiger partial charge on any atom is 0.279 e. The van der Waals surface area contributed by atoms with Gasteiger partial charge >= 0.3 is 0 Å². The van der Waals surface area contributed by atoms with E-state index < -0.39 is 10.0 Å². The van der Waals surface area contributed by atoms with E-state index in [-0.39, 0.29) is 23.1 Å². The van der Waals surface area contributed by atoms with Crippen LogP contribution in [0.25, 0.3) is 0 Å². The minimum atomic E-state index is -3.68. The second-order valence-electron chi connectivity index (χ2n) is 6.09. The summed E-state index contributed by atoms with van der Waals surface area (Å²) >= 11 is 1.66. The Morgan fingerprint density at radius 3 is 2.62 bits per heavy atom. The first kappa shape index (κ1) is 20.4. The molecule has 142 valence electrons. The van der Waals surface area contributed by atoms with Crippen LogP contribution in [-0.4, -0.2) is 53.4 Å². The Morgan fingerprint density at radius 1 is 1.31 bits per heavy atom. The predicted molar refractivity (Wildman–Crippen MR) is 102 cm³/mol. The number of amides is 1. The summed E-state index contributed by atoms with van der Waals surface area (Å²) in [5.74, 6) is 0.0505. The minimum Gasteiger partial charge on any atom is -0.495 e. The molecule has 2 rings (SSSR count). The molecular weight excluding hydrogens is 374 g/mol. The third kappa shape index (κ3) is 5.04. The second-order valence-corrected chi connectivity index (χ2v) is 9.24. The van der Waals surface area contributed by atoms with E-state index in [9.17, 15) is 13.2 Å². The quantitative estimate of drug-likeness (QED) is 0.685. The number of hydrogen-bond acceptors (Lipinski definition) is 5. The van der Waals surface area contributed by atoms with Gasteiger partial charge in [0.15, 0.2) is 6.54 Å². The molecule has 2 N–H and O–H groups in total. The van der Waals surface area contributed by atoms with Gasteiger partial charge in [0, 0.05) is 19.8 Å². The van der Waals surface area contributed by atoms with Gasteiger partial charge in [0.05, 0.1) is 19.0 Å². The average molecular weight is 399 g/mol. The number of carbonyl (C=O) groups excluding carboxylic acids is 1. The summed E-state index contributed by atoms with van der Waals surface area (Å²) in [6.45, 7) is 1.04. The molecule has 0 aliphatic rings. The molecular formula is C17H24N3O4S2+. The number of sulfonamides is 1.